The maximum atomic E-state index is 12.9. The summed E-state index contributed by atoms with van der Waals surface area (Å²) >= 11 is 1.17. The van der Waals surface area contributed by atoms with E-state index in [2.05, 4.69) is 4.99 Å². The van der Waals surface area contributed by atoms with Gasteiger partial charge >= 0.3 is 12.0 Å². The van der Waals surface area contributed by atoms with E-state index in [0.29, 0.717) is 10.8 Å². The number of hydrogen-bond donors (Lipinski definition) is 0. The summed E-state index contributed by atoms with van der Waals surface area (Å²) in [6.45, 7) is 3.26. The molecule has 3 heterocycles. The zero-order valence-corrected chi connectivity index (χ0v) is 16.8. The van der Waals surface area contributed by atoms with Crippen molar-refractivity contribution in [3.8, 4) is 0 Å². The molecule has 29 heavy (non-hydrogen) atoms. The number of esters is 1. The number of imide groups is 2. The van der Waals surface area contributed by atoms with Crippen molar-refractivity contribution >= 4 is 46.4 Å². The second-order valence-electron chi connectivity index (χ2n) is 6.48. The van der Waals surface area contributed by atoms with Gasteiger partial charge in [0.15, 0.2) is 5.92 Å². The third kappa shape index (κ3) is 3.97. The number of urea groups is 1. The third-order valence-corrected chi connectivity index (χ3v) is 5.09. The summed E-state index contributed by atoms with van der Waals surface area (Å²) in [5, 5.41) is 1.96. The van der Waals surface area contributed by atoms with E-state index < -0.39 is 35.8 Å². The molecule has 0 spiro atoms. The van der Waals surface area contributed by atoms with Crippen molar-refractivity contribution in [1.82, 2.24) is 9.80 Å². The molecular weight excluding hydrogens is 398 g/mol. The Bertz CT molecular complexity index is 963. The Labute approximate surface area is 170 Å². The molecule has 2 aromatic heterocycles. The first-order valence-corrected chi connectivity index (χ1v) is 9.64. The molecule has 152 valence electrons. The van der Waals surface area contributed by atoms with Gasteiger partial charge in [-0.3, -0.25) is 19.4 Å². The van der Waals surface area contributed by atoms with E-state index in [4.69, 9.17) is 9.15 Å². The number of furan rings is 1. The number of aliphatic imine (C=N–C) groups is 1. The van der Waals surface area contributed by atoms with Gasteiger partial charge in [0.25, 0.3) is 0 Å². The zero-order valence-electron chi connectivity index (χ0n) is 16.0. The maximum Gasteiger partial charge on any atom is 0.340 e. The van der Waals surface area contributed by atoms with Crippen molar-refractivity contribution in [3.63, 3.8) is 0 Å². The second-order valence-corrected chi connectivity index (χ2v) is 7.37. The van der Waals surface area contributed by atoms with Gasteiger partial charge in [0.1, 0.15) is 10.8 Å². The maximum absolute atomic E-state index is 12.9. The monoisotopic (exact) mass is 417 g/mol. The van der Waals surface area contributed by atoms with Crippen LogP contribution in [0.25, 0.3) is 0 Å². The summed E-state index contributed by atoms with van der Waals surface area (Å²) in [7, 11) is 1.25. The summed E-state index contributed by atoms with van der Waals surface area (Å²) in [4.78, 5) is 56.4. The molecule has 1 saturated heterocycles. The summed E-state index contributed by atoms with van der Waals surface area (Å²) < 4.78 is 9.93. The highest BCUT2D eigenvalue weighted by Gasteiger charge is 2.46. The molecule has 0 bridgehead atoms. The van der Waals surface area contributed by atoms with Gasteiger partial charge in [-0.05, 0) is 37.4 Å². The largest absolute Gasteiger partial charge is 0.467 e. The predicted octanol–water partition coefficient (Wildman–Crippen LogP) is 2.85. The molecule has 1 aliphatic heterocycles. The van der Waals surface area contributed by atoms with E-state index in [1.54, 1.807) is 37.4 Å². The molecule has 0 radical (unpaired) electrons. The molecule has 2 aromatic rings. The topological polar surface area (TPSA) is 109 Å². The zero-order chi connectivity index (χ0) is 21.1. The first-order valence-electron chi connectivity index (χ1n) is 8.76. The van der Waals surface area contributed by atoms with Crippen LogP contribution in [0.2, 0.25) is 0 Å². The smallest absolute Gasteiger partial charge is 0.340 e. The standard InChI is InChI=1S/C19H19N3O6S/c1-11(2)22-17(24)14(9-20-15-13(6-8-29-15)18(25)27-3)16(23)21(19(22)26)10-12-5-4-7-28-12/h4-9,11,14H,10H2,1-3H3. The van der Waals surface area contributed by atoms with Gasteiger partial charge in [0, 0.05) is 12.3 Å². The van der Waals surface area contributed by atoms with Crippen LogP contribution in [0.5, 0.6) is 0 Å². The van der Waals surface area contributed by atoms with E-state index in [0.717, 1.165) is 9.80 Å². The molecular formula is C19H19N3O6S. The van der Waals surface area contributed by atoms with Crippen molar-refractivity contribution in [2.45, 2.75) is 26.4 Å². The fraction of sp³-hybridized carbons (Fsp3) is 0.316. The Balaban J connectivity index is 1.92. The molecule has 1 fully saturated rings. The molecule has 1 aliphatic rings. The average Bonchev–Trinajstić information content (AvgIpc) is 3.36. The van der Waals surface area contributed by atoms with Gasteiger partial charge in [0.05, 0.1) is 25.5 Å². The van der Waals surface area contributed by atoms with Gasteiger partial charge in [0.2, 0.25) is 11.8 Å². The van der Waals surface area contributed by atoms with Gasteiger partial charge in [-0.15, -0.1) is 11.3 Å². The highest BCUT2D eigenvalue weighted by atomic mass is 32.1. The van der Waals surface area contributed by atoms with Gasteiger partial charge in [-0.2, -0.15) is 0 Å². The predicted molar refractivity (Wildman–Crippen MR) is 104 cm³/mol. The summed E-state index contributed by atoms with van der Waals surface area (Å²) in [6.07, 6.45) is 2.60. The van der Waals surface area contributed by atoms with Crippen LogP contribution in [0.1, 0.15) is 30.0 Å². The van der Waals surface area contributed by atoms with Crippen molar-refractivity contribution in [2.24, 2.45) is 10.9 Å². The van der Waals surface area contributed by atoms with Crippen LogP contribution in [0.3, 0.4) is 0 Å². The van der Waals surface area contributed by atoms with Crippen LogP contribution < -0.4 is 0 Å². The van der Waals surface area contributed by atoms with Crippen molar-refractivity contribution in [2.75, 3.05) is 7.11 Å². The minimum Gasteiger partial charge on any atom is -0.467 e. The third-order valence-electron chi connectivity index (χ3n) is 4.27. The lowest BCUT2D eigenvalue weighted by atomic mass is 10.0. The lowest BCUT2D eigenvalue weighted by Gasteiger charge is -2.37. The summed E-state index contributed by atoms with van der Waals surface area (Å²) in [5.41, 5.74) is 0.230. The molecule has 0 N–H and O–H groups in total. The lowest BCUT2D eigenvalue weighted by Crippen LogP contribution is -2.61. The van der Waals surface area contributed by atoms with Gasteiger partial charge in [-0.1, -0.05) is 0 Å². The fourth-order valence-electron chi connectivity index (χ4n) is 2.86. The first-order chi connectivity index (χ1) is 13.8. The molecule has 0 aromatic carbocycles. The minimum atomic E-state index is -1.29. The Morgan fingerprint density at radius 2 is 2.07 bits per heavy atom. The van der Waals surface area contributed by atoms with E-state index in [1.165, 1.54) is 30.9 Å². The minimum absolute atomic E-state index is 0.0993. The fourth-order valence-corrected chi connectivity index (χ4v) is 3.59. The Hall–Kier alpha value is -3.27. The highest BCUT2D eigenvalue weighted by molar-refractivity contribution is 7.14. The van der Waals surface area contributed by atoms with E-state index in [-0.39, 0.29) is 12.1 Å². The van der Waals surface area contributed by atoms with Crippen molar-refractivity contribution < 1.29 is 28.3 Å². The molecule has 1 unspecified atom stereocenters. The number of thiophene rings is 1. The molecule has 10 heteroatoms. The van der Waals surface area contributed by atoms with E-state index >= 15 is 0 Å². The number of carbonyl (C=O) groups is 4. The number of amides is 4. The lowest BCUT2D eigenvalue weighted by molar-refractivity contribution is -0.147. The number of hydrogen-bond acceptors (Lipinski definition) is 8. The molecule has 4 amide bonds. The number of ether oxygens (including phenoxy) is 1. The van der Waals surface area contributed by atoms with Crippen LogP contribution >= 0.6 is 11.3 Å². The second kappa shape index (κ2) is 8.39. The van der Waals surface area contributed by atoms with Gasteiger partial charge < -0.3 is 9.15 Å². The number of carbonyl (C=O) groups excluding carboxylic acids is 4. The summed E-state index contributed by atoms with van der Waals surface area (Å²) in [6, 6.07) is 3.66. The average molecular weight is 417 g/mol. The number of barbiturate groups is 1. The number of methoxy groups -OCH3 is 1. The van der Waals surface area contributed by atoms with Crippen molar-refractivity contribution in [3.05, 3.63) is 41.2 Å². The molecule has 9 nitrogen and oxygen atoms in total. The van der Waals surface area contributed by atoms with Gasteiger partial charge in [-0.25, -0.2) is 14.6 Å². The van der Waals surface area contributed by atoms with E-state index in [1.807, 2.05) is 0 Å². The van der Waals surface area contributed by atoms with Crippen LogP contribution in [0.15, 0.2) is 39.3 Å². The van der Waals surface area contributed by atoms with Crippen LogP contribution in [0.4, 0.5) is 9.80 Å². The highest BCUT2D eigenvalue weighted by Crippen LogP contribution is 2.28. The number of nitrogens with zero attached hydrogens (tertiary/aromatic N) is 3. The molecule has 3 rings (SSSR count). The molecule has 1 atom stereocenters. The Kier molecular flexibility index (Phi) is 5.92. The first kappa shape index (κ1) is 20.5. The molecule has 0 aliphatic carbocycles. The Morgan fingerprint density at radius 1 is 1.31 bits per heavy atom. The summed E-state index contributed by atoms with van der Waals surface area (Å²) in [5.74, 6) is -2.82. The van der Waals surface area contributed by atoms with Crippen molar-refractivity contribution in [1.29, 1.82) is 0 Å². The number of rotatable bonds is 6. The Morgan fingerprint density at radius 3 is 2.69 bits per heavy atom. The normalized spacial score (nSPS) is 17.7. The SMILES string of the molecule is COC(=O)c1ccsc1N=CC1C(=O)N(Cc2ccco2)C(=O)N(C(C)C)C1=O. The van der Waals surface area contributed by atoms with Crippen LogP contribution in [-0.2, 0) is 20.9 Å². The quantitative estimate of drug-likeness (QED) is 0.406. The van der Waals surface area contributed by atoms with Crippen LogP contribution in [0, 0.1) is 5.92 Å². The van der Waals surface area contributed by atoms with Crippen LogP contribution in [-0.4, -0.2) is 53.0 Å². The van der Waals surface area contributed by atoms with E-state index in [9.17, 15) is 19.2 Å². The molecule has 0 saturated carbocycles.